The molecule has 28 heavy (non-hydrogen) atoms. The van der Waals surface area contributed by atoms with Crippen molar-refractivity contribution in [2.75, 3.05) is 0 Å². The number of fused-ring (bicyclic) bond motifs is 2. The minimum atomic E-state index is 1.27. The average molecular weight is 358 g/mol. The molecule has 0 N–H and O–H groups in total. The number of hydrogen-bond acceptors (Lipinski definition) is 0. The molecule has 0 aliphatic heterocycles. The van der Waals surface area contributed by atoms with Crippen molar-refractivity contribution in [2.24, 2.45) is 0 Å². The Hall–Kier alpha value is -3.38. The van der Waals surface area contributed by atoms with Gasteiger partial charge in [0.05, 0.1) is 0 Å². The average Bonchev–Trinajstić information content (AvgIpc) is 2.73. The summed E-state index contributed by atoms with van der Waals surface area (Å²) in [7, 11) is 0. The highest BCUT2D eigenvalue weighted by Crippen LogP contribution is 2.43. The van der Waals surface area contributed by atoms with Gasteiger partial charge >= 0.3 is 0 Å². The molecule has 0 spiro atoms. The topological polar surface area (TPSA) is 0 Å². The molecule has 0 aliphatic rings. The molecule has 0 unspecified atom stereocenters. The maximum absolute atomic E-state index is 2.34. The SMILES string of the molecule is Cc1ccc(-c2c3ccccc3c(-c3ccccc3)c3cc(C)ccc23)cc1. The van der Waals surface area contributed by atoms with Gasteiger partial charge in [-0.05, 0) is 57.6 Å². The molecule has 5 rings (SSSR count). The van der Waals surface area contributed by atoms with Crippen molar-refractivity contribution < 1.29 is 0 Å². The van der Waals surface area contributed by atoms with Gasteiger partial charge in [0.25, 0.3) is 0 Å². The summed E-state index contributed by atoms with van der Waals surface area (Å²) in [5, 5.41) is 5.25. The fraction of sp³-hybridized carbons (Fsp3) is 0.0714. The Labute approximate surface area is 166 Å². The van der Waals surface area contributed by atoms with E-state index in [9.17, 15) is 0 Å². The van der Waals surface area contributed by atoms with E-state index < -0.39 is 0 Å². The summed E-state index contributed by atoms with van der Waals surface area (Å²) >= 11 is 0. The second-order valence-electron chi connectivity index (χ2n) is 7.58. The lowest BCUT2D eigenvalue weighted by Crippen LogP contribution is -1.91. The van der Waals surface area contributed by atoms with E-state index in [1.54, 1.807) is 0 Å². The van der Waals surface area contributed by atoms with Crippen LogP contribution in [0.1, 0.15) is 11.1 Å². The van der Waals surface area contributed by atoms with E-state index in [0.717, 1.165) is 0 Å². The fourth-order valence-electron chi connectivity index (χ4n) is 4.24. The van der Waals surface area contributed by atoms with E-state index in [0.29, 0.717) is 0 Å². The van der Waals surface area contributed by atoms with Crippen LogP contribution >= 0.6 is 0 Å². The first kappa shape index (κ1) is 16.8. The van der Waals surface area contributed by atoms with E-state index in [4.69, 9.17) is 0 Å². The first-order valence-corrected chi connectivity index (χ1v) is 9.80. The number of benzene rings is 5. The lowest BCUT2D eigenvalue weighted by Gasteiger charge is -2.18. The molecule has 0 aromatic heterocycles. The quantitative estimate of drug-likeness (QED) is 0.281. The molecule has 0 nitrogen and oxygen atoms in total. The first-order chi connectivity index (χ1) is 13.7. The van der Waals surface area contributed by atoms with Gasteiger partial charge in [-0.25, -0.2) is 0 Å². The molecule has 0 heterocycles. The normalized spacial score (nSPS) is 11.2. The van der Waals surface area contributed by atoms with E-state index in [-0.39, 0.29) is 0 Å². The third kappa shape index (κ3) is 2.70. The van der Waals surface area contributed by atoms with Crippen LogP contribution in [0, 0.1) is 13.8 Å². The Bertz CT molecular complexity index is 1290. The maximum atomic E-state index is 2.34. The van der Waals surface area contributed by atoms with Crippen molar-refractivity contribution in [3.8, 4) is 22.3 Å². The van der Waals surface area contributed by atoms with Crippen LogP contribution in [0.15, 0.2) is 97.1 Å². The van der Waals surface area contributed by atoms with Gasteiger partial charge in [0, 0.05) is 0 Å². The second-order valence-corrected chi connectivity index (χ2v) is 7.58. The largest absolute Gasteiger partial charge is 0.0622 e. The number of hydrogen-bond donors (Lipinski definition) is 0. The van der Waals surface area contributed by atoms with E-state index in [2.05, 4.69) is 111 Å². The lowest BCUT2D eigenvalue weighted by molar-refractivity contribution is 1.47. The highest BCUT2D eigenvalue weighted by atomic mass is 14.2. The standard InChI is InChI=1S/C28H22/c1-19-12-15-22(16-13-19)27-23-10-6-7-11-24(23)28(21-8-4-3-5-9-21)26-18-20(2)14-17-25(26)27/h3-18H,1-2H3. The van der Waals surface area contributed by atoms with Crippen LogP contribution in [0.4, 0.5) is 0 Å². The third-order valence-corrected chi connectivity index (χ3v) is 5.58. The summed E-state index contributed by atoms with van der Waals surface area (Å²) in [5.74, 6) is 0. The van der Waals surface area contributed by atoms with Crippen molar-refractivity contribution in [1.29, 1.82) is 0 Å². The molecule has 5 aromatic carbocycles. The van der Waals surface area contributed by atoms with Crippen molar-refractivity contribution >= 4 is 21.5 Å². The molecule has 0 fully saturated rings. The van der Waals surface area contributed by atoms with Crippen molar-refractivity contribution in [2.45, 2.75) is 13.8 Å². The zero-order valence-electron chi connectivity index (χ0n) is 16.2. The van der Waals surface area contributed by atoms with Crippen molar-refractivity contribution in [1.82, 2.24) is 0 Å². The molecule has 0 amide bonds. The first-order valence-electron chi connectivity index (χ1n) is 9.80. The van der Waals surface area contributed by atoms with Crippen molar-refractivity contribution in [3.63, 3.8) is 0 Å². The van der Waals surface area contributed by atoms with Crippen LogP contribution < -0.4 is 0 Å². The molecular weight excluding hydrogens is 336 g/mol. The molecule has 5 aromatic rings. The summed E-state index contributed by atoms with van der Waals surface area (Å²) in [6.07, 6.45) is 0. The van der Waals surface area contributed by atoms with E-state index in [1.165, 1.54) is 54.9 Å². The Kier molecular flexibility index (Phi) is 3.98. The third-order valence-electron chi connectivity index (χ3n) is 5.58. The van der Waals surface area contributed by atoms with Gasteiger partial charge in [-0.2, -0.15) is 0 Å². The Morgan fingerprint density at radius 3 is 1.57 bits per heavy atom. The van der Waals surface area contributed by atoms with E-state index in [1.807, 2.05) is 0 Å². The monoisotopic (exact) mass is 358 g/mol. The minimum absolute atomic E-state index is 1.27. The molecule has 0 heteroatoms. The van der Waals surface area contributed by atoms with Crippen LogP contribution in [0.25, 0.3) is 43.8 Å². The molecule has 0 saturated heterocycles. The zero-order valence-corrected chi connectivity index (χ0v) is 16.2. The predicted molar refractivity (Wildman–Crippen MR) is 122 cm³/mol. The highest BCUT2D eigenvalue weighted by Gasteiger charge is 2.16. The van der Waals surface area contributed by atoms with Crippen LogP contribution in [0.3, 0.4) is 0 Å². The Balaban J connectivity index is 2.01. The Morgan fingerprint density at radius 2 is 0.893 bits per heavy atom. The zero-order chi connectivity index (χ0) is 19.1. The van der Waals surface area contributed by atoms with Gasteiger partial charge in [-0.15, -0.1) is 0 Å². The molecule has 0 atom stereocenters. The van der Waals surface area contributed by atoms with Crippen LogP contribution in [-0.2, 0) is 0 Å². The second kappa shape index (κ2) is 6.65. The fourth-order valence-corrected chi connectivity index (χ4v) is 4.24. The van der Waals surface area contributed by atoms with Gasteiger partial charge in [0.15, 0.2) is 0 Å². The molecule has 134 valence electrons. The molecule has 0 saturated carbocycles. The summed E-state index contributed by atoms with van der Waals surface area (Å²) in [5.41, 5.74) is 7.76. The predicted octanol–water partition coefficient (Wildman–Crippen LogP) is 7.94. The smallest absolute Gasteiger partial charge is 0.00263 e. The van der Waals surface area contributed by atoms with Gasteiger partial charge in [0.2, 0.25) is 0 Å². The highest BCUT2D eigenvalue weighted by molar-refractivity contribution is 6.21. The summed E-state index contributed by atoms with van der Waals surface area (Å²) in [4.78, 5) is 0. The summed E-state index contributed by atoms with van der Waals surface area (Å²) < 4.78 is 0. The molecule has 0 aliphatic carbocycles. The summed E-state index contributed by atoms with van der Waals surface area (Å²) in [6, 6.07) is 35.3. The van der Waals surface area contributed by atoms with Gasteiger partial charge in [0.1, 0.15) is 0 Å². The summed E-state index contributed by atoms with van der Waals surface area (Å²) in [6.45, 7) is 4.32. The van der Waals surface area contributed by atoms with Gasteiger partial charge in [-0.1, -0.05) is 108 Å². The van der Waals surface area contributed by atoms with Crippen molar-refractivity contribution in [3.05, 3.63) is 108 Å². The maximum Gasteiger partial charge on any atom is -0.00263 e. The number of aryl methyl sites for hydroxylation is 2. The van der Waals surface area contributed by atoms with Crippen LogP contribution in [0.2, 0.25) is 0 Å². The molecule has 0 bridgehead atoms. The van der Waals surface area contributed by atoms with Gasteiger partial charge < -0.3 is 0 Å². The van der Waals surface area contributed by atoms with Crippen LogP contribution in [0.5, 0.6) is 0 Å². The molecular formula is C28H22. The lowest BCUT2D eigenvalue weighted by atomic mass is 9.85. The minimum Gasteiger partial charge on any atom is -0.0622 e. The Morgan fingerprint density at radius 1 is 0.393 bits per heavy atom. The van der Waals surface area contributed by atoms with Gasteiger partial charge in [-0.3, -0.25) is 0 Å². The molecule has 0 radical (unpaired) electrons. The number of rotatable bonds is 2. The van der Waals surface area contributed by atoms with Crippen LogP contribution in [-0.4, -0.2) is 0 Å². The van der Waals surface area contributed by atoms with E-state index >= 15 is 0 Å².